The number of hydrogen-bond acceptors (Lipinski definition) is 6. The van der Waals surface area contributed by atoms with E-state index in [0.717, 1.165) is 28.5 Å². The SMILES string of the molecule is O=C(Nc1ncc(C(=O)O)nn1)OCC1c2ccccc2-c2ccccc21. The lowest BCUT2D eigenvalue weighted by atomic mass is 9.98. The van der Waals surface area contributed by atoms with Gasteiger partial charge in [0, 0.05) is 5.92 Å². The third-order valence-corrected chi connectivity index (χ3v) is 4.34. The Kier molecular flexibility index (Phi) is 4.21. The van der Waals surface area contributed by atoms with Gasteiger partial charge in [0.05, 0.1) is 6.20 Å². The average Bonchev–Trinajstić information content (AvgIpc) is 3.01. The highest BCUT2D eigenvalue weighted by Crippen LogP contribution is 2.44. The maximum Gasteiger partial charge on any atom is 0.414 e. The molecule has 2 aromatic carbocycles. The summed E-state index contributed by atoms with van der Waals surface area (Å²) in [6.07, 6.45) is 0.274. The molecule has 1 heterocycles. The van der Waals surface area contributed by atoms with Crippen LogP contribution in [-0.2, 0) is 4.74 Å². The number of aromatic nitrogens is 3. The van der Waals surface area contributed by atoms with Crippen LogP contribution < -0.4 is 5.32 Å². The van der Waals surface area contributed by atoms with Gasteiger partial charge in [-0.05, 0) is 22.3 Å². The molecule has 8 heteroatoms. The van der Waals surface area contributed by atoms with Crippen LogP contribution in [0.2, 0.25) is 0 Å². The van der Waals surface area contributed by atoms with Gasteiger partial charge in [0.25, 0.3) is 5.95 Å². The molecule has 0 bridgehead atoms. The van der Waals surface area contributed by atoms with Crippen LogP contribution in [-0.4, -0.2) is 39.0 Å². The zero-order valence-corrected chi connectivity index (χ0v) is 14.0. The van der Waals surface area contributed by atoms with Crippen LogP contribution in [0.25, 0.3) is 11.1 Å². The van der Waals surface area contributed by atoms with E-state index in [1.54, 1.807) is 0 Å². The maximum absolute atomic E-state index is 12.1. The van der Waals surface area contributed by atoms with E-state index in [0.29, 0.717) is 0 Å². The number of rotatable bonds is 4. The molecule has 2 N–H and O–H groups in total. The third kappa shape index (κ3) is 3.20. The lowest BCUT2D eigenvalue weighted by Crippen LogP contribution is -2.19. The summed E-state index contributed by atoms with van der Waals surface area (Å²) in [4.78, 5) is 26.5. The lowest BCUT2D eigenvalue weighted by molar-refractivity contribution is 0.0688. The fourth-order valence-corrected chi connectivity index (χ4v) is 3.16. The van der Waals surface area contributed by atoms with E-state index in [9.17, 15) is 9.59 Å². The smallest absolute Gasteiger partial charge is 0.414 e. The summed E-state index contributed by atoms with van der Waals surface area (Å²) in [6, 6.07) is 16.0. The van der Waals surface area contributed by atoms with Gasteiger partial charge in [-0.25, -0.2) is 14.6 Å². The number of fused-ring (bicyclic) bond motifs is 3. The van der Waals surface area contributed by atoms with E-state index in [-0.39, 0.29) is 24.2 Å². The first-order chi connectivity index (χ1) is 13.1. The molecule has 0 spiro atoms. The van der Waals surface area contributed by atoms with Crippen LogP contribution in [0.3, 0.4) is 0 Å². The zero-order chi connectivity index (χ0) is 18.8. The molecule has 1 aromatic heterocycles. The number of hydrogen-bond donors (Lipinski definition) is 2. The number of nitrogens with zero attached hydrogens (tertiary/aromatic N) is 3. The Balaban J connectivity index is 1.45. The molecule has 0 radical (unpaired) electrons. The number of carboxylic acid groups (broad SMARTS) is 1. The first-order valence-corrected chi connectivity index (χ1v) is 8.18. The van der Waals surface area contributed by atoms with Crippen LogP contribution in [0.5, 0.6) is 0 Å². The highest BCUT2D eigenvalue weighted by atomic mass is 16.5. The van der Waals surface area contributed by atoms with Crippen molar-refractivity contribution >= 4 is 18.0 Å². The Bertz CT molecular complexity index is 975. The van der Waals surface area contributed by atoms with E-state index >= 15 is 0 Å². The van der Waals surface area contributed by atoms with Crippen molar-refractivity contribution in [3.05, 3.63) is 71.5 Å². The monoisotopic (exact) mass is 362 g/mol. The molecular weight excluding hydrogens is 348 g/mol. The second-order valence-corrected chi connectivity index (χ2v) is 5.92. The minimum atomic E-state index is -1.25. The number of anilines is 1. The Morgan fingerprint density at radius 1 is 1.00 bits per heavy atom. The third-order valence-electron chi connectivity index (χ3n) is 4.34. The largest absolute Gasteiger partial charge is 0.476 e. The summed E-state index contributed by atoms with van der Waals surface area (Å²) in [5.74, 6) is -1.43. The van der Waals surface area contributed by atoms with Gasteiger partial charge in [0.2, 0.25) is 0 Å². The number of amides is 1. The summed E-state index contributed by atoms with van der Waals surface area (Å²) < 4.78 is 5.35. The fourth-order valence-electron chi connectivity index (χ4n) is 3.16. The van der Waals surface area contributed by atoms with Crippen molar-refractivity contribution in [3.8, 4) is 11.1 Å². The summed E-state index contributed by atoms with van der Waals surface area (Å²) in [7, 11) is 0. The predicted octanol–water partition coefficient (Wildman–Crippen LogP) is 2.93. The van der Waals surface area contributed by atoms with E-state index in [4.69, 9.17) is 9.84 Å². The molecule has 0 saturated carbocycles. The van der Waals surface area contributed by atoms with E-state index in [1.807, 2.05) is 36.4 Å². The summed E-state index contributed by atoms with van der Waals surface area (Å²) >= 11 is 0. The number of nitrogens with one attached hydrogen (secondary N) is 1. The van der Waals surface area contributed by atoms with E-state index < -0.39 is 12.1 Å². The van der Waals surface area contributed by atoms with Crippen molar-refractivity contribution in [2.45, 2.75) is 5.92 Å². The second kappa shape index (κ2) is 6.83. The Hall–Kier alpha value is -3.81. The van der Waals surface area contributed by atoms with Gasteiger partial charge in [-0.3, -0.25) is 5.32 Å². The van der Waals surface area contributed by atoms with Gasteiger partial charge >= 0.3 is 12.1 Å². The van der Waals surface area contributed by atoms with Crippen molar-refractivity contribution < 1.29 is 19.4 Å². The molecule has 27 heavy (non-hydrogen) atoms. The van der Waals surface area contributed by atoms with E-state index in [2.05, 4.69) is 32.6 Å². The van der Waals surface area contributed by atoms with Gasteiger partial charge in [0.15, 0.2) is 5.69 Å². The van der Waals surface area contributed by atoms with Crippen molar-refractivity contribution in [2.24, 2.45) is 0 Å². The topological polar surface area (TPSA) is 114 Å². The molecule has 1 aliphatic carbocycles. The molecule has 4 rings (SSSR count). The Morgan fingerprint density at radius 2 is 1.63 bits per heavy atom. The highest BCUT2D eigenvalue weighted by Gasteiger charge is 2.29. The number of benzene rings is 2. The molecular formula is C19H14N4O4. The number of aromatic carboxylic acids is 1. The zero-order valence-electron chi connectivity index (χ0n) is 14.0. The number of carboxylic acids is 1. The minimum Gasteiger partial charge on any atom is -0.476 e. The molecule has 0 saturated heterocycles. The molecule has 0 atom stereocenters. The molecule has 0 aliphatic heterocycles. The summed E-state index contributed by atoms with van der Waals surface area (Å²) in [6.45, 7) is 0.153. The van der Waals surface area contributed by atoms with Crippen LogP contribution >= 0.6 is 0 Å². The normalized spacial score (nSPS) is 12.1. The Morgan fingerprint density at radius 3 is 2.19 bits per heavy atom. The van der Waals surface area contributed by atoms with Crippen LogP contribution in [0.15, 0.2) is 54.7 Å². The van der Waals surface area contributed by atoms with Gasteiger partial charge in [-0.1, -0.05) is 48.5 Å². The molecule has 0 fully saturated rings. The average molecular weight is 362 g/mol. The second-order valence-electron chi connectivity index (χ2n) is 5.92. The Labute approximate surface area is 153 Å². The number of carbonyl (C=O) groups is 2. The number of ether oxygens (including phenoxy) is 1. The van der Waals surface area contributed by atoms with Crippen LogP contribution in [0.4, 0.5) is 10.7 Å². The summed E-state index contributed by atoms with van der Waals surface area (Å²) in [5.41, 5.74) is 4.18. The van der Waals surface area contributed by atoms with Crippen LogP contribution in [0, 0.1) is 0 Å². The fraction of sp³-hybridized carbons (Fsp3) is 0.105. The molecule has 1 amide bonds. The molecule has 1 aliphatic rings. The lowest BCUT2D eigenvalue weighted by Gasteiger charge is -2.14. The first-order valence-electron chi connectivity index (χ1n) is 8.18. The summed E-state index contributed by atoms with van der Waals surface area (Å²) in [5, 5.41) is 18.1. The minimum absolute atomic E-state index is 0.0587. The van der Waals surface area contributed by atoms with Gasteiger partial charge in [0.1, 0.15) is 6.61 Å². The van der Waals surface area contributed by atoms with Crippen molar-refractivity contribution in [2.75, 3.05) is 11.9 Å². The van der Waals surface area contributed by atoms with Gasteiger partial charge in [-0.15, -0.1) is 10.2 Å². The van der Waals surface area contributed by atoms with Gasteiger partial charge < -0.3 is 9.84 Å². The van der Waals surface area contributed by atoms with Crippen molar-refractivity contribution in [1.82, 2.24) is 15.2 Å². The van der Waals surface area contributed by atoms with Gasteiger partial charge in [-0.2, -0.15) is 0 Å². The van der Waals surface area contributed by atoms with E-state index in [1.165, 1.54) is 0 Å². The van der Waals surface area contributed by atoms with Crippen molar-refractivity contribution in [1.29, 1.82) is 0 Å². The molecule has 0 unspecified atom stereocenters. The molecule has 8 nitrogen and oxygen atoms in total. The molecule has 3 aromatic rings. The molecule has 134 valence electrons. The maximum atomic E-state index is 12.1. The quantitative estimate of drug-likeness (QED) is 0.733. The first kappa shape index (κ1) is 16.6. The van der Waals surface area contributed by atoms with Crippen molar-refractivity contribution in [3.63, 3.8) is 0 Å². The highest BCUT2D eigenvalue weighted by molar-refractivity contribution is 5.85. The number of carbonyl (C=O) groups excluding carboxylic acids is 1. The van der Waals surface area contributed by atoms with Crippen LogP contribution in [0.1, 0.15) is 27.5 Å². The predicted molar refractivity (Wildman–Crippen MR) is 95.5 cm³/mol. The standard InChI is InChI=1S/C19H14N4O4/c24-17(25)16-9-20-18(23-22-16)21-19(26)27-10-15-13-7-3-1-5-11(13)12-6-2-4-8-14(12)15/h1-9,15H,10H2,(H,24,25)(H,20,21,23,26).